The van der Waals surface area contributed by atoms with Gasteiger partial charge in [-0.15, -0.1) is 0 Å². The number of nitrogens with one attached hydrogen (secondary N) is 1. The van der Waals surface area contributed by atoms with Crippen LogP contribution in [0.4, 0.5) is 5.69 Å². The van der Waals surface area contributed by atoms with Gasteiger partial charge in [-0.2, -0.15) is 4.31 Å². The lowest BCUT2D eigenvalue weighted by molar-refractivity contribution is -0.117. The summed E-state index contributed by atoms with van der Waals surface area (Å²) in [6.07, 6.45) is 4.02. The smallest absolute Gasteiger partial charge is 0.243 e. The predicted molar refractivity (Wildman–Crippen MR) is 108 cm³/mol. The number of unbranched alkanes of at least 4 members (excludes halogenated alkanes) is 2. The van der Waals surface area contributed by atoms with Crippen LogP contribution < -0.4 is 5.32 Å². The molecule has 0 aliphatic heterocycles. The van der Waals surface area contributed by atoms with Crippen LogP contribution in [-0.2, 0) is 14.8 Å². The van der Waals surface area contributed by atoms with Crippen LogP contribution in [0.1, 0.15) is 66.7 Å². The van der Waals surface area contributed by atoms with Gasteiger partial charge < -0.3 is 5.32 Å². The molecular formula is C20H34N2O3S. The van der Waals surface area contributed by atoms with Gasteiger partial charge >= 0.3 is 0 Å². The fourth-order valence-corrected chi connectivity index (χ4v) is 4.08. The lowest BCUT2D eigenvalue weighted by Gasteiger charge is -2.22. The van der Waals surface area contributed by atoms with E-state index in [0.29, 0.717) is 25.2 Å². The molecule has 0 radical (unpaired) electrons. The number of carbonyl (C=O) groups is 1. The first kappa shape index (κ1) is 22.6. The Morgan fingerprint density at radius 3 is 1.92 bits per heavy atom. The molecule has 1 rings (SSSR count). The molecule has 0 saturated carbocycles. The summed E-state index contributed by atoms with van der Waals surface area (Å²) < 4.78 is 27.4. The van der Waals surface area contributed by atoms with E-state index in [-0.39, 0.29) is 16.2 Å². The highest BCUT2D eigenvalue weighted by Gasteiger charge is 2.23. The maximum absolute atomic E-state index is 12.9. The van der Waals surface area contributed by atoms with Crippen molar-refractivity contribution in [2.45, 2.75) is 71.6 Å². The van der Waals surface area contributed by atoms with Crippen LogP contribution in [0.5, 0.6) is 0 Å². The number of benzene rings is 1. The third-order valence-electron chi connectivity index (χ3n) is 3.99. The van der Waals surface area contributed by atoms with Crippen molar-refractivity contribution in [3.63, 3.8) is 0 Å². The molecule has 0 bridgehead atoms. The molecule has 6 heteroatoms. The third-order valence-corrected chi connectivity index (χ3v) is 5.90. The van der Waals surface area contributed by atoms with E-state index in [1.807, 2.05) is 20.8 Å². The minimum Gasteiger partial charge on any atom is -0.326 e. The van der Waals surface area contributed by atoms with Gasteiger partial charge in [0.1, 0.15) is 0 Å². The van der Waals surface area contributed by atoms with E-state index in [9.17, 15) is 13.2 Å². The Hall–Kier alpha value is -1.40. The van der Waals surface area contributed by atoms with Crippen molar-refractivity contribution in [1.29, 1.82) is 0 Å². The number of hydrogen-bond donors (Lipinski definition) is 1. The van der Waals surface area contributed by atoms with Gasteiger partial charge in [0, 0.05) is 25.2 Å². The highest BCUT2D eigenvalue weighted by atomic mass is 32.2. The van der Waals surface area contributed by atoms with Crippen molar-refractivity contribution in [1.82, 2.24) is 4.31 Å². The first-order valence-corrected chi connectivity index (χ1v) is 10.9. The van der Waals surface area contributed by atoms with Crippen molar-refractivity contribution in [3.8, 4) is 0 Å². The zero-order valence-corrected chi connectivity index (χ0v) is 17.7. The molecule has 1 aromatic carbocycles. The molecular weight excluding hydrogens is 348 g/mol. The van der Waals surface area contributed by atoms with Gasteiger partial charge in [-0.25, -0.2) is 8.42 Å². The molecule has 1 N–H and O–H groups in total. The molecule has 5 nitrogen and oxygen atoms in total. The van der Waals surface area contributed by atoms with Gasteiger partial charge in [-0.05, 0) is 42.5 Å². The molecule has 0 aliphatic rings. The second kappa shape index (κ2) is 10.1. The summed E-state index contributed by atoms with van der Waals surface area (Å²) in [5.41, 5.74) is 0.527. The number of amides is 1. The Balaban J connectivity index is 2.88. The molecule has 0 saturated heterocycles. The first-order chi connectivity index (χ1) is 12.1. The Morgan fingerprint density at radius 2 is 1.50 bits per heavy atom. The zero-order valence-electron chi connectivity index (χ0n) is 16.8. The Bertz CT molecular complexity index is 653. The fourth-order valence-electron chi connectivity index (χ4n) is 2.57. The largest absolute Gasteiger partial charge is 0.326 e. The van der Waals surface area contributed by atoms with Crippen LogP contribution in [-0.4, -0.2) is 31.7 Å². The first-order valence-electron chi connectivity index (χ1n) is 9.50. The van der Waals surface area contributed by atoms with E-state index in [0.717, 1.165) is 25.7 Å². The third kappa shape index (κ3) is 7.46. The summed E-state index contributed by atoms with van der Waals surface area (Å²) >= 11 is 0. The number of carbonyl (C=O) groups excluding carboxylic acids is 1. The van der Waals surface area contributed by atoms with Crippen molar-refractivity contribution < 1.29 is 13.2 Å². The van der Waals surface area contributed by atoms with E-state index < -0.39 is 10.0 Å². The van der Waals surface area contributed by atoms with Crippen molar-refractivity contribution in [3.05, 3.63) is 24.3 Å². The maximum atomic E-state index is 12.9. The number of hydrogen-bond acceptors (Lipinski definition) is 3. The number of anilines is 1. The topological polar surface area (TPSA) is 66.5 Å². The normalized spacial score (nSPS) is 12.4. The van der Waals surface area contributed by atoms with Gasteiger partial charge in [-0.1, -0.05) is 47.5 Å². The number of sulfonamides is 1. The van der Waals surface area contributed by atoms with Crippen molar-refractivity contribution in [2.24, 2.45) is 5.41 Å². The van der Waals surface area contributed by atoms with Gasteiger partial charge in [0.15, 0.2) is 0 Å². The van der Waals surface area contributed by atoms with E-state index in [1.165, 1.54) is 0 Å². The lowest BCUT2D eigenvalue weighted by Crippen LogP contribution is -2.33. The van der Waals surface area contributed by atoms with E-state index in [4.69, 9.17) is 0 Å². The predicted octanol–water partition coefficient (Wildman–Crippen LogP) is 4.65. The summed E-state index contributed by atoms with van der Waals surface area (Å²) in [4.78, 5) is 12.3. The molecule has 0 aromatic heterocycles. The standard InChI is InChI=1S/C20H34N2O3S/c1-6-8-14-22(15-9-7-2)26(24,25)18-12-10-17(11-13-18)21-19(23)16-20(3,4)5/h10-13H,6-9,14-16H2,1-5H3,(H,21,23). The molecule has 0 atom stereocenters. The zero-order chi connectivity index (χ0) is 19.8. The van der Waals surface area contributed by atoms with Crippen LogP contribution >= 0.6 is 0 Å². The number of nitrogens with zero attached hydrogens (tertiary/aromatic N) is 1. The monoisotopic (exact) mass is 382 g/mol. The summed E-state index contributed by atoms with van der Waals surface area (Å²) in [5, 5.41) is 2.83. The van der Waals surface area contributed by atoms with Gasteiger partial charge in [0.25, 0.3) is 0 Å². The summed E-state index contributed by atoms with van der Waals surface area (Å²) in [6, 6.07) is 6.47. The van der Waals surface area contributed by atoms with E-state index in [2.05, 4.69) is 19.2 Å². The Kier molecular flexibility index (Phi) is 8.77. The summed E-state index contributed by atoms with van der Waals surface area (Å²) in [6.45, 7) is 11.2. The van der Waals surface area contributed by atoms with Gasteiger partial charge in [-0.3, -0.25) is 4.79 Å². The van der Waals surface area contributed by atoms with Gasteiger partial charge in [0.2, 0.25) is 15.9 Å². The molecule has 0 spiro atoms. The molecule has 0 fully saturated rings. The summed E-state index contributed by atoms with van der Waals surface area (Å²) in [5.74, 6) is -0.0689. The van der Waals surface area contributed by atoms with Gasteiger partial charge in [0.05, 0.1) is 4.90 Å². The van der Waals surface area contributed by atoms with Crippen molar-refractivity contribution >= 4 is 21.6 Å². The molecule has 26 heavy (non-hydrogen) atoms. The molecule has 148 valence electrons. The average Bonchev–Trinajstić information content (AvgIpc) is 2.53. The molecule has 1 aromatic rings. The van der Waals surface area contributed by atoms with Crippen LogP contribution in [0.2, 0.25) is 0 Å². The summed E-state index contributed by atoms with van der Waals surface area (Å²) in [7, 11) is -3.50. The number of rotatable bonds is 10. The SMILES string of the molecule is CCCCN(CCCC)S(=O)(=O)c1ccc(NC(=O)CC(C)(C)C)cc1. The second-order valence-corrected chi connectivity index (χ2v) is 9.86. The Morgan fingerprint density at radius 1 is 1.00 bits per heavy atom. The molecule has 0 heterocycles. The molecule has 1 amide bonds. The molecule has 0 unspecified atom stereocenters. The maximum Gasteiger partial charge on any atom is 0.243 e. The van der Waals surface area contributed by atoms with E-state index in [1.54, 1.807) is 28.6 Å². The average molecular weight is 383 g/mol. The highest BCUT2D eigenvalue weighted by Crippen LogP contribution is 2.22. The van der Waals surface area contributed by atoms with Crippen molar-refractivity contribution in [2.75, 3.05) is 18.4 Å². The fraction of sp³-hybridized carbons (Fsp3) is 0.650. The second-order valence-electron chi connectivity index (χ2n) is 7.92. The quantitative estimate of drug-likeness (QED) is 0.640. The highest BCUT2D eigenvalue weighted by molar-refractivity contribution is 7.89. The van der Waals surface area contributed by atoms with E-state index >= 15 is 0 Å². The molecule has 0 aliphatic carbocycles. The van der Waals surface area contributed by atoms with Crippen LogP contribution in [0.25, 0.3) is 0 Å². The Labute approximate surface area is 159 Å². The minimum absolute atomic E-state index is 0.0689. The lowest BCUT2D eigenvalue weighted by atomic mass is 9.92. The minimum atomic E-state index is -3.50. The van der Waals surface area contributed by atoms with Crippen LogP contribution in [0, 0.1) is 5.41 Å². The van der Waals surface area contributed by atoms with Crippen LogP contribution in [0.3, 0.4) is 0 Å². The van der Waals surface area contributed by atoms with Crippen LogP contribution in [0.15, 0.2) is 29.2 Å².